The number of benzene rings is 1. The summed E-state index contributed by atoms with van der Waals surface area (Å²) >= 11 is 0. The highest BCUT2D eigenvalue weighted by molar-refractivity contribution is 7.86. The molecule has 0 radical (unpaired) electrons. The zero-order chi connectivity index (χ0) is 17.9. The zero-order valence-electron chi connectivity index (χ0n) is 14.7. The predicted octanol–water partition coefficient (Wildman–Crippen LogP) is 0.974. The van der Waals surface area contributed by atoms with Crippen molar-refractivity contribution in [3.8, 4) is 11.4 Å². The molecule has 0 bridgehead atoms. The minimum atomic E-state index is -3.30. The number of aromatic nitrogens is 2. The molecule has 1 saturated heterocycles. The van der Waals surface area contributed by atoms with E-state index < -0.39 is 10.2 Å². The van der Waals surface area contributed by atoms with Gasteiger partial charge in [-0.2, -0.15) is 17.0 Å². The highest BCUT2D eigenvalue weighted by Gasteiger charge is 2.28. The van der Waals surface area contributed by atoms with Crippen molar-refractivity contribution in [2.45, 2.75) is 6.54 Å². The van der Waals surface area contributed by atoms with Crippen LogP contribution in [-0.2, 0) is 16.8 Å². The fraction of sp³-hybridized carbons (Fsp3) is 0.471. The molecular weight excluding hydrogens is 338 g/mol. The van der Waals surface area contributed by atoms with Gasteiger partial charge in [-0.3, -0.25) is 4.90 Å². The Morgan fingerprint density at radius 3 is 2.36 bits per heavy atom. The molecule has 0 spiro atoms. The van der Waals surface area contributed by atoms with E-state index in [1.165, 1.54) is 4.31 Å². The molecule has 0 amide bonds. The van der Waals surface area contributed by atoms with Crippen molar-refractivity contribution in [2.24, 2.45) is 0 Å². The average molecular weight is 363 g/mol. The van der Waals surface area contributed by atoms with Crippen LogP contribution in [-0.4, -0.2) is 78.3 Å². The molecule has 1 aromatic heterocycles. The van der Waals surface area contributed by atoms with Gasteiger partial charge in [0.05, 0.1) is 0 Å². The molecule has 3 rings (SSSR count). The fourth-order valence-corrected chi connectivity index (χ4v) is 4.09. The number of nitrogens with zero attached hydrogens (tertiary/aromatic N) is 5. The van der Waals surface area contributed by atoms with E-state index in [0.29, 0.717) is 13.1 Å². The summed E-state index contributed by atoms with van der Waals surface area (Å²) in [6, 6.07) is 10.1. The number of imidazole rings is 1. The van der Waals surface area contributed by atoms with Crippen LogP contribution in [0.4, 0.5) is 0 Å². The fourth-order valence-electron chi connectivity index (χ4n) is 3.00. The molecule has 0 atom stereocenters. The first kappa shape index (κ1) is 18.1. The lowest BCUT2D eigenvalue weighted by molar-refractivity contribution is 0.179. The molecule has 2 heterocycles. The van der Waals surface area contributed by atoms with Gasteiger partial charge in [0.2, 0.25) is 0 Å². The molecule has 0 N–H and O–H groups in total. The molecule has 1 aromatic carbocycles. The molecule has 0 saturated carbocycles. The Balaban J connectivity index is 1.56. The molecule has 25 heavy (non-hydrogen) atoms. The summed E-state index contributed by atoms with van der Waals surface area (Å²) in [6.07, 6.45) is 3.82. The lowest BCUT2D eigenvalue weighted by atomic mass is 10.2. The zero-order valence-corrected chi connectivity index (χ0v) is 15.6. The Morgan fingerprint density at radius 2 is 1.72 bits per heavy atom. The molecule has 0 unspecified atom stereocenters. The van der Waals surface area contributed by atoms with Crippen molar-refractivity contribution in [1.82, 2.24) is 23.1 Å². The van der Waals surface area contributed by atoms with Gasteiger partial charge in [-0.05, 0) is 0 Å². The highest BCUT2D eigenvalue weighted by atomic mass is 32.2. The summed E-state index contributed by atoms with van der Waals surface area (Å²) in [6.45, 7) is 4.30. The molecule has 0 aliphatic carbocycles. The molecule has 1 aliphatic rings. The lowest BCUT2D eigenvalue weighted by Gasteiger charge is -2.35. The van der Waals surface area contributed by atoms with Crippen LogP contribution in [0, 0.1) is 0 Å². The third kappa shape index (κ3) is 4.09. The van der Waals surface area contributed by atoms with Crippen LogP contribution in [0.25, 0.3) is 11.4 Å². The van der Waals surface area contributed by atoms with Crippen molar-refractivity contribution in [2.75, 3.05) is 46.8 Å². The second-order valence-corrected chi connectivity index (χ2v) is 8.48. The summed E-state index contributed by atoms with van der Waals surface area (Å²) in [4.78, 5) is 6.77. The molecular formula is C17H25N5O2S. The summed E-state index contributed by atoms with van der Waals surface area (Å²) in [5.74, 6) is 0.967. The summed E-state index contributed by atoms with van der Waals surface area (Å²) in [7, 11) is -0.149. The van der Waals surface area contributed by atoms with Crippen molar-refractivity contribution in [1.29, 1.82) is 0 Å². The van der Waals surface area contributed by atoms with E-state index in [2.05, 4.69) is 26.6 Å². The maximum Gasteiger partial charge on any atom is 0.281 e. The molecule has 136 valence electrons. The van der Waals surface area contributed by atoms with E-state index in [0.717, 1.165) is 37.6 Å². The summed E-state index contributed by atoms with van der Waals surface area (Å²) < 4.78 is 29.3. The van der Waals surface area contributed by atoms with Crippen molar-refractivity contribution in [3.63, 3.8) is 0 Å². The van der Waals surface area contributed by atoms with Gasteiger partial charge in [-0.15, -0.1) is 0 Å². The SMILES string of the molecule is CN(C)S(=O)(=O)N1CCN(CCn2ccnc2-c2ccccc2)CC1. The molecule has 7 nitrogen and oxygen atoms in total. The van der Waals surface area contributed by atoms with Gasteiger partial charge < -0.3 is 4.57 Å². The van der Waals surface area contributed by atoms with Crippen LogP contribution < -0.4 is 0 Å². The third-order valence-corrected chi connectivity index (χ3v) is 6.46. The van der Waals surface area contributed by atoms with Crippen LogP contribution in [0.2, 0.25) is 0 Å². The Kier molecular flexibility index (Phi) is 5.53. The Hall–Kier alpha value is -1.74. The number of piperazine rings is 1. The quantitative estimate of drug-likeness (QED) is 0.767. The molecule has 8 heteroatoms. The summed E-state index contributed by atoms with van der Waals surface area (Å²) in [5.41, 5.74) is 1.11. The van der Waals surface area contributed by atoms with Crippen molar-refractivity contribution >= 4 is 10.2 Å². The average Bonchev–Trinajstić information content (AvgIpc) is 3.09. The lowest BCUT2D eigenvalue weighted by Crippen LogP contribution is -2.52. The van der Waals surface area contributed by atoms with E-state index in [4.69, 9.17) is 0 Å². The van der Waals surface area contributed by atoms with E-state index in [9.17, 15) is 8.42 Å². The van der Waals surface area contributed by atoms with Gasteiger partial charge in [-0.1, -0.05) is 30.3 Å². The smallest absolute Gasteiger partial charge is 0.281 e. The second kappa shape index (κ2) is 7.65. The van der Waals surface area contributed by atoms with Gasteiger partial charge in [0.25, 0.3) is 10.2 Å². The van der Waals surface area contributed by atoms with E-state index in [1.807, 2.05) is 30.6 Å². The Labute approximate surface area is 149 Å². The van der Waals surface area contributed by atoms with Gasteiger partial charge >= 0.3 is 0 Å². The molecule has 1 fully saturated rings. The first-order valence-corrected chi connectivity index (χ1v) is 9.84. The first-order valence-electron chi connectivity index (χ1n) is 8.45. The minimum absolute atomic E-state index is 0.538. The predicted molar refractivity (Wildman–Crippen MR) is 98.3 cm³/mol. The molecule has 1 aliphatic heterocycles. The minimum Gasteiger partial charge on any atom is -0.330 e. The number of hydrogen-bond donors (Lipinski definition) is 0. The third-order valence-electron chi connectivity index (χ3n) is 4.52. The van der Waals surface area contributed by atoms with Crippen molar-refractivity contribution < 1.29 is 8.42 Å². The van der Waals surface area contributed by atoms with Crippen LogP contribution >= 0.6 is 0 Å². The standard InChI is InChI=1S/C17H25N5O2S/c1-19(2)25(23,24)22-14-11-20(12-15-22)10-13-21-9-8-18-17(21)16-6-4-3-5-7-16/h3-9H,10-15H2,1-2H3. The second-order valence-electron chi connectivity index (χ2n) is 6.34. The topological polar surface area (TPSA) is 61.7 Å². The van der Waals surface area contributed by atoms with E-state index >= 15 is 0 Å². The van der Waals surface area contributed by atoms with Gasteiger partial charge in [0.15, 0.2) is 0 Å². The Morgan fingerprint density at radius 1 is 1.04 bits per heavy atom. The van der Waals surface area contributed by atoms with E-state index in [1.54, 1.807) is 18.4 Å². The van der Waals surface area contributed by atoms with Gasteiger partial charge in [0, 0.05) is 71.3 Å². The number of hydrogen-bond acceptors (Lipinski definition) is 4. The van der Waals surface area contributed by atoms with Crippen LogP contribution in [0.3, 0.4) is 0 Å². The highest BCUT2D eigenvalue weighted by Crippen LogP contribution is 2.17. The van der Waals surface area contributed by atoms with Crippen LogP contribution in [0.5, 0.6) is 0 Å². The normalized spacial score (nSPS) is 17.2. The monoisotopic (exact) mass is 363 g/mol. The maximum atomic E-state index is 12.2. The van der Waals surface area contributed by atoms with Crippen LogP contribution in [0.15, 0.2) is 42.7 Å². The van der Waals surface area contributed by atoms with Gasteiger partial charge in [-0.25, -0.2) is 4.98 Å². The van der Waals surface area contributed by atoms with E-state index in [-0.39, 0.29) is 0 Å². The van der Waals surface area contributed by atoms with Crippen molar-refractivity contribution in [3.05, 3.63) is 42.7 Å². The van der Waals surface area contributed by atoms with Crippen LogP contribution in [0.1, 0.15) is 0 Å². The maximum absolute atomic E-state index is 12.2. The Bertz CT molecular complexity index is 780. The number of rotatable bonds is 6. The van der Waals surface area contributed by atoms with Gasteiger partial charge in [0.1, 0.15) is 5.82 Å². The summed E-state index contributed by atoms with van der Waals surface area (Å²) in [5, 5.41) is 0. The molecule has 2 aromatic rings. The largest absolute Gasteiger partial charge is 0.330 e. The first-order chi connectivity index (χ1) is 12.0.